The molecule has 0 amide bonds. The molecule has 3 aromatic rings. The number of hydrogen-bond acceptors (Lipinski definition) is 4. The van der Waals surface area contributed by atoms with Crippen LogP contribution >= 0.6 is 11.6 Å². The van der Waals surface area contributed by atoms with Gasteiger partial charge in [0.15, 0.2) is 0 Å². The predicted molar refractivity (Wildman–Crippen MR) is 109 cm³/mol. The Morgan fingerprint density at radius 3 is 2.54 bits per heavy atom. The van der Waals surface area contributed by atoms with Crippen molar-refractivity contribution in [2.45, 2.75) is 6.61 Å². The van der Waals surface area contributed by atoms with Crippen molar-refractivity contribution < 1.29 is 19.5 Å². The van der Waals surface area contributed by atoms with Crippen molar-refractivity contribution in [3.63, 3.8) is 0 Å². The third kappa shape index (κ3) is 5.59. The second kappa shape index (κ2) is 9.58. The molecule has 0 bridgehead atoms. The number of nitrogens with zero attached hydrogens (tertiary/aromatic N) is 1. The van der Waals surface area contributed by atoms with Gasteiger partial charge >= 0.3 is 5.97 Å². The lowest BCUT2D eigenvalue weighted by Crippen LogP contribution is -2.03. The molecule has 3 rings (SSSR count). The van der Waals surface area contributed by atoms with Crippen LogP contribution in [0, 0.1) is 0 Å². The monoisotopic (exact) mass is 395 g/mol. The fourth-order valence-electron chi connectivity index (χ4n) is 2.53. The first-order valence-corrected chi connectivity index (χ1v) is 8.93. The highest BCUT2D eigenvalue weighted by molar-refractivity contribution is 6.31. The Morgan fingerprint density at radius 1 is 1.00 bits per heavy atom. The van der Waals surface area contributed by atoms with E-state index in [1.165, 1.54) is 6.21 Å². The molecule has 1 N–H and O–H groups in total. The summed E-state index contributed by atoms with van der Waals surface area (Å²) in [4.78, 5) is 15.1. The molecule has 0 aliphatic carbocycles. The fraction of sp³-hybridized carbons (Fsp3) is 0.0909. The Balaban J connectivity index is 1.70. The van der Waals surface area contributed by atoms with Crippen LogP contribution in [0.4, 0.5) is 0 Å². The van der Waals surface area contributed by atoms with Crippen LogP contribution in [-0.4, -0.2) is 23.9 Å². The zero-order chi connectivity index (χ0) is 19.8. The summed E-state index contributed by atoms with van der Waals surface area (Å²) >= 11 is 6.17. The van der Waals surface area contributed by atoms with Crippen LogP contribution in [0.5, 0.6) is 5.75 Å². The molecule has 0 atom stereocenters. The van der Waals surface area contributed by atoms with E-state index < -0.39 is 12.6 Å². The topological polar surface area (TPSA) is 68.1 Å². The number of hydrogen-bond donors (Lipinski definition) is 1. The molecule has 0 unspecified atom stereocenters. The molecule has 0 saturated heterocycles. The van der Waals surface area contributed by atoms with Crippen LogP contribution in [0.2, 0.25) is 5.02 Å². The summed E-state index contributed by atoms with van der Waals surface area (Å²) in [6.45, 7) is -0.0856. The molecule has 0 saturated carbocycles. The summed E-state index contributed by atoms with van der Waals surface area (Å²) in [5.74, 6) is -0.333. The van der Waals surface area contributed by atoms with Gasteiger partial charge < -0.3 is 14.7 Å². The average Bonchev–Trinajstić information content (AvgIpc) is 2.71. The Morgan fingerprint density at radius 2 is 1.75 bits per heavy atom. The van der Waals surface area contributed by atoms with Crippen molar-refractivity contribution >= 4 is 23.8 Å². The Hall–Kier alpha value is -3.31. The van der Waals surface area contributed by atoms with E-state index in [2.05, 4.69) is 9.99 Å². The second-order valence-electron chi connectivity index (χ2n) is 5.94. The van der Waals surface area contributed by atoms with Gasteiger partial charge in [-0.2, -0.15) is 0 Å². The number of ether oxygens (including phenoxy) is 1. The molecule has 0 spiro atoms. The molecular formula is C22H18ClNO4. The number of benzene rings is 3. The van der Waals surface area contributed by atoms with Gasteiger partial charge in [0, 0.05) is 10.6 Å². The highest BCUT2D eigenvalue weighted by Crippen LogP contribution is 2.25. The van der Waals surface area contributed by atoms with E-state index in [0.717, 1.165) is 28.0 Å². The van der Waals surface area contributed by atoms with Crippen LogP contribution in [0.3, 0.4) is 0 Å². The number of carboxylic acid groups (broad SMARTS) is 1. The number of aliphatic carboxylic acids is 1. The highest BCUT2D eigenvalue weighted by atomic mass is 35.5. The quantitative estimate of drug-likeness (QED) is 0.429. The lowest BCUT2D eigenvalue weighted by Gasteiger charge is -2.10. The Labute approximate surface area is 167 Å². The smallest absolute Gasteiger partial charge is 0.344 e. The molecular weight excluding hydrogens is 378 g/mol. The molecule has 0 aliphatic heterocycles. The van der Waals surface area contributed by atoms with E-state index in [4.69, 9.17) is 21.4 Å². The van der Waals surface area contributed by atoms with E-state index in [9.17, 15) is 4.79 Å². The van der Waals surface area contributed by atoms with Gasteiger partial charge in [-0.25, -0.2) is 4.79 Å². The van der Waals surface area contributed by atoms with Gasteiger partial charge in [-0.3, -0.25) is 0 Å². The lowest BCUT2D eigenvalue weighted by atomic mass is 10.0. The van der Waals surface area contributed by atoms with E-state index in [1.54, 1.807) is 0 Å². The molecule has 142 valence electrons. The molecule has 0 aromatic heterocycles. The summed E-state index contributed by atoms with van der Waals surface area (Å²) in [6, 6.07) is 23.0. The molecule has 28 heavy (non-hydrogen) atoms. The summed E-state index contributed by atoms with van der Waals surface area (Å²) < 4.78 is 5.88. The van der Waals surface area contributed by atoms with Gasteiger partial charge in [0.05, 0.1) is 6.21 Å². The fourth-order valence-corrected chi connectivity index (χ4v) is 2.72. The van der Waals surface area contributed by atoms with Crippen LogP contribution in [0.25, 0.3) is 11.1 Å². The number of carboxylic acids is 1. The third-order valence-corrected chi connectivity index (χ3v) is 4.24. The Kier molecular flexibility index (Phi) is 6.65. The third-order valence-electron chi connectivity index (χ3n) is 3.87. The zero-order valence-electron chi connectivity index (χ0n) is 14.9. The first-order valence-electron chi connectivity index (χ1n) is 8.55. The minimum Gasteiger partial charge on any atom is -0.489 e. The number of carbonyl (C=O) groups is 1. The number of oxime groups is 1. The largest absolute Gasteiger partial charge is 0.489 e. The minimum atomic E-state index is -1.07. The Bertz CT molecular complexity index is 988. The first-order chi connectivity index (χ1) is 13.6. The lowest BCUT2D eigenvalue weighted by molar-refractivity contribution is -0.142. The maximum absolute atomic E-state index is 10.4. The summed E-state index contributed by atoms with van der Waals surface area (Å²) in [6.07, 6.45) is 1.48. The molecule has 5 nitrogen and oxygen atoms in total. The first kappa shape index (κ1) is 19.5. The number of halogens is 1. The van der Waals surface area contributed by atoms with Crippen molar-refractivity contribution in [2.24, 2.45) is 5.16 Å². The molecule has 6 heteroatoms. The summed E-state index contributed by atoms with van der Waals surface area (Å²) in [5, 5.41) is 12.9. The summed E-state index contributed by atoms with van der Waals surface area (Å²) in [5.41, 5.74) is 3.68. The van der Waals surface area contributed by atoms with Gasteiger partial charge in [0.2, 0.25) is 6.61 Å². The standard InChI is InChI=1S/C22H18ClNO4/c23-21-10-2-1-6-19(21)14-27-20-9-4-8-18(12-20)17-7-3-5-16(11-17)13-24-28-15-22(25)26/h1-13H,14-15H2,(H,25,26). The highest BCUT2D eigenvalue weighted by Gasteiger charge is 2.04. The molecule has 3 aromatic carbocycles. The zero-order valence-corrected chi connectivity index (χ0v) is 15.7. The summed E-state index contributed by atoms with van der Waals surface area (Å²) in [7, 11) is 0. The average molecular weight is 396 g/mol. The van der Waals surface area contributed by atoms with E-state index in [1.807, 2.05) is 72.8 Å². The maximum atomic E-state index is 10.4. The van der Waals surface area contributed by atoms with Crippen LogP contribution in [0.15, 0.2) is 78.0 Å². The van der Waals surface area contributed by atoms with Gasteiger partial charge in [0.1, 0.15) is 12.4 Å². The van der Waals surface area contributed by atoms with E-state index in [0.29, 0.717) is 11.6 Å². The maximum Gasteiger partial charge on any atom is 0.344 e. The number of rotatable bonds is 8. The second-order valence-corrected chi connectivity index (χ2v) is 6.34. The van der Waals surface area contributed by atoms with Crippen molar-refractivity contribution in [2.75, 3.05) is 6.61 Å². The molecule has 0 fully saturated rings. The molecule has 0 heterocycles. The van der Waals surface area contributed by atoms with Crippen LogP contribution < -0.4 is 4.74 Å². The van der Waals surface area contributed by atoms with Gasteiger partial charge in [0.25, 0.3) is 0 Å². The van der Waals surface area contributed by atoms with Crippen LogP contribution in [-0.2, 0) is 16.2 Å². The van der Waals surface area contributed by atoms with Crippen molar-refractivity contribution in [1.29, 1.82) is 0 Å². The van der Waals surface area contributed by atoms with Gasteiger partial charge in [-0.05, 0) is 41.0 Å². The van der Waals surface area contributed by atoms with E-state index >= 15 is 0 Å². The van der Waals surface area contributed by atoms with Gasteiger partial charge in [-0.1, -0.05) is 65.3 Å². The SMILES string of the molecule is O=C(O)CON=Cc1cccc(-c2cccc(OCc3ccccc3Cl)c2)c1. The van der Waals surface area contributed by atoms with Crippen LogP contribution in [0.1, 0.15) is 11.1 Å². The van der Waals surface area contributed by atoms with Crippen molar-refractivity contribution in [3.05, 3.63) is 88.9 Å². The molecule has 0 aliphatic rings. The normalized spacial score (nSPS) is 10.8. The van der Waals surface area contributed by atoms with Crippen molar-refractivity contribution in [1.82, 2.24) is 0 Å². The minimum absolute atomic E-state index is 0.386. The van der Waals surface area contributed by atoms with E-state index in [-0.39, 0.29) is 0 Å². The molecule has 0 radical (unpaired) electrons. The van der Waals surface area contributed by atoms with Gasteiger partial charge in [-0.15, -0.1) is 0 Å². The predicted octanol–water partition coefficient (Wildman–Crippen LogP) is 5.02. The van der Waals surface area contributed by atoms with Crippen molar-refractivity contribution in [3.8, 4) is 16.9 Å².